The number of ether oxygens (including phenoxy) is 1. The lowest BCUT2D eigenvalue weighted by Gasteiger charge is -2.31. The Bertz CT molecular complexity index is 856. The molecule has 2 aromatic carbocycles. The summed E-state index contributed by atoms with van der Waals surface area (Å²) in [5, 5.41) is 2.91. The summed E-state index contributed by atoms with van der Waals surface area (Å²) in [6.45, 7) is 3.79. The van der Waals surface area contributed by atoms with Crippen LogP contribution in [0.5, 0.6) is 5.75 Å². The number of rotatable bonds is 5. The minimum atomic E-state index is -0.898. The molecule has 4 rings (SSSR count). The standard InChI is InChI=1S/C22H24N2O3/c1-2-27-19-9-7-18(8-10-19)23-20(25)22(12-13-22)21(26)24-14-11-16-5-3-4-6-17(16)15-24/h3-10H,2,11-15H2,1H3,(H,23,25). The van der Waals surface area contributed by atoms with Gasteiger partial charge in [0.15, 0.2) is 0 Å². The lowest BCUT2D eigenvalue weighted by molar-refractivity contribution is -0.143. The summed E-state index contributed by atoms with van der Waals surface area (Å²) < 4.78 is 5.42. The maximum atomic E-state index is 13.1. The summed E-state index contributed by atoms with van der Waals surface area (Å²) in [6.07, 6.45) is 2.08. The predicted molar refractivity (Wildman–Crippen MR) is 103 cm³/mol. The van der Waals surface area contributed by atoms with Crippen LogP contribution in [0.4, 0.5) is 5.69 Å². The molecule has 0 bridgehead atoms. The molecule has 1 heterocycles. The highest BCUT2D eigenvalue weighted by Gasteiger charge is 2.58. The van der Waals surface area contributed by atoms with Gasteiger partial charge in [0, 0.05) is 18.8 Å². The molecule has 1 N–H and O–H groups in total. The number of fused-ring (bicyclic) bond motifs is 1. The van der Waals surface area contributed by atoms with E-state index in [9.17, 15) is 9.59 Å². The first kappa shape index (κ1) is 17.6. The lowest BCUT2D eigenvalue weighted by Crippen LogP contribution is -2.45. The molecule has 1 saturated carbocycles. The Morgan fingerprint density at radius 2 is 1.78 bits per heavy atom. The van der Waals surface area contributed by atoms with Crippen LogP contribution in [-0.2, 0) is 22.6 Å². The zero-order chi connectivity index (χ0) is 18.9. The molecule has 0 aromatic heterocycles. The highest BCUT2D eigenvalue weighted by molar-refractivity contribution is 6.13. The van der Waals surface area contributed by atoms with E-state index in [-0.39, 0.29) is 11.8 Å². The molecule has 5 heteroatoms. The Morgan fingerprint density at radius 1 is 1.07 bits per heavy atom. The predicted octanol–water partition coefficient (Wildman–Crippen LogP) is 3.39. The molecule has 2 aliphatic rings. The van der Waals surface area contributed by atoms with E-state index in [4.69, 9.17) is 4.74 Å². The molecule has 0 radical (unpaired) electrons. The molecule has 140 valence electrons. The van der Waals surface area contributed by atoms with E-state index in [0.717, 1.165) is 12.2 Å². The van der Waals surface area contributed by atoms with Crippen LogP contribution >= 0.6 is 0 Å². The fourth-order valence-electron chi connectivity index (χ4n) is 3.69. The van der Waals surface area contributed by atoms with E-state index >= 15 is 0 Å². The van der Waals surface area contributed by atoms with Crippen molar-refractivity contribution in [3.63, 3.8) is 0 Å². The van der Waals surface area contributed by atoms with Gasteiger partial charge in [-0.1, -0.05) is 24.3 Å². The molecule has 0 unspecified atom stereocenters. The molecule has 27 heavy (non-hydrogen) atoms. The SMILES string of the molecule is CCOc1ccc(NC(=O)C2(C(=O)N3CCc4ccccc4C3)CC2)cc1. The topological polar surface area (TPSA) is 58.6 Å². The molecule has 0 spiro atoms. The van der Waals surface area contributed by atoms with E-state index < -0.39 is 5.41 Å². The summed E-state index contributed by atoms with van der Waals surface area (Å²) in [5.74, 6) is 0.524. The second kappa shape index (κ2) is 7.06. The largest absolute Gasteiger partial charge is 0.494 e. The second-order valence-corrected chi connectivity index (χ2v) is 7.24. The number of benzene rings is 2. The van der Waals surface area contributed by atoms with Gasteiger partial charge in [-0.2, -0.15) is 0 Å². The monoisotopic (exact) mass is 364 g/mol. The molecule has 2 amide bonds. The molecule has 0 atom stereocenters. The van der Waals surface area contributed by atoms with Gasteiger partial charge in [-0.25, -0.2) is 0 Å². The van der Waals surface area contributed by atoms with Crippen LogP contribution in [0.3, 0.4) is 0 Å². The van der Waals surface area contributed by atoms with Crippen molar-refractivity contribution in [2.24, 2.45) is 5.41 Å². The number of carbonyl (C=O) groups excluding carboxylic acids is 2. The maximum Gasteiger partial charge on any atom is 0.240 e. The van der Waals surface area contributed by atoms with Gasteiger partial charge in [0.1, 0.15) is 11.2 Å². The van der Waals surface area contributed by atoms with Crippen LogP contribution in [0.15, 0.2) is 48.5 Å². The van der Waals surface area contributed by atoms with E-state index in [1.807, 2.05) is 36.1 Å². The van der Waals surface area contributed by atoms with Crippen LogP contribution in [0.1, 0.15) is 30.9 Å². The van der Waals surface area contributed by atoms with Crippen molar-refractivity contribution in [1.82, 2.24) is 4.90 Å². The summed E-state index contributed by atoms with van der Waals surface area (Å²) in [7, 11) is 0. The second-order valence-electron chi connectivity index (χ2n) is 7.24. The summed E-state index contributed by atoms with van der Waals surface area (Å²) in [6, 6.07) is 15.5. The number of nitrogens with zero attached hydrogens (tertiary/aromatic N) is 1. The fraction of sp³-hybridized carbons (Fsp3) is 0.364. The number of anilines is 1. The first-order valence-electron chi connectivity index (χ1n) is 9.53. The average Bonchev–Trinajstić information content (AvgIpc) is 3.51. The van der Waals surface area contributed by atoms with Crippen molar-refractivity contribution in [2.75, 3.05) is 18.5 Å². The third-order valence-electron chi connectivity index (χ3n) is 5.44. The fourth-order valence-corrected chi connectivity index (χ4v) is 3.69. The van der Waals surface area contributed by atoms with Crippen molar-refractivity contribution >= 4 is 17.5 Å². The molecule has 1 aliphatic heterocycles. The van der Waals surface area contributed by atoms with Crippen LogP contribution in [0.25, 0.3) is 0 Å². The maximum absolute atomic E-state index is 13.1. The Hall–Kier alpha value is -2.82. The molecular formula is C22H24N2O3. The van der Waals surface area contributed by atoms with Crippen molar-refractivity contribution in [1.29, 1.82) is 0 Å². The van der Waals surface area contributed by atoms with Crippen LogP contribution in [0.2, 0.25) is 0 Å². The Labute approximate surface area is 159 Å². The van der Waals surface area contributed by atoms with Gasteiger partial charge >= 0.3 is 0 Å². The van der Waals surface area contributed by atoms with Gasteiger partial charge in [-0.05, 0) is 61.6 Å². The number of nitrogens with one attached hydrogen (secondary N) is 1. The molecule has 1 aliphatic carbocycles. The number of amides is 2. The molecular weight excluding hydrogens is 340 g/mol. The van der Waals surface area contributed by atoms with Crippen molar-refractivity contribution in [3.05, 3.63) is 59.7 Å². The quantitative estimate of drug-likeness (QED) is 0.828. The van der Waals surface area contributed by atoms with Crippen LogP contribution in [0, 0.1) is 5.41 Å². The molecule has 2 aromatic rings. The van der Waals surface area contributed by atoms with E-state index in [1.54, 1.807) is 12.1 Å². The van der Waals surface area contributed by atoms with Crippen LogP contribution < -0.4 is 10.1 Å². The van der Waals surface area contributed by atoms with Gasteiger partial charge < -0.3 is 15.0 Å². The van der Waals surface area contributed by atoms with Crippen LogP contribution in [-0.4, -0.2) is 29.9 Å². The molecule has 1 fully saturated rings. The lowest BCUT2D eigenvalue weighted by atomic mass is 9.97. The molecule has 5 nitrogen and oxygen atoms in total. The highest BCUT2D eigenvalue weighted by atomic mass is 16.5. The third-order valence-corrected chi connectivity index (χ3v) is 5.44. The summed E-state index contributed by atoms with van der Waals surface area (Å²) in [4.78, 5) is 27.8. The van der Waals surface area contributed by atoms with E-state index in [0.29, 0.717) is 38.2 Å². The summed E-state index contributed by atoms with van der Waals surface area (Å²) in [5.41, 5.74) is 2.27. The minimum absolute atomic E-state index is 0.0413. The van der Waals surface area contributed by atoms with Gasteiger partial charge in [-0.3, -0.25) is 9.59 Å². The van der Waals surface area contributed by atoms with Crippen molar-refractivity contribution in [2.45, 2.75) is 32.7 Å². The Balaban J connectivity index is 1.43. The Kier molecular flexibility index (Phi) is 4.60. The number of carbonyl (C=O) groups is 2. The zero-order valence-corrected chi connectivity index (χ0v) is 15.5. The Morgan fingerprint density at radius 3 is 2.44 bits per heavy atom. The average molecular weight is 364 g/mol. The smallest absolute Gasteiger partial charge is 0.240 e. The minimum Gasteiger partial charge on any atom is -0.494 e. The summed E-state index contributed by atoms with van der Waals surface area (Å²) >= 11 is 0. The number of hydrogen-bond donors (Lipinski definition) is 1. The molecule has 0 saturated heterocycles. The highest BCUT2D eigenvalue weighted by Crippen LogP contribution is 2.48. The van der Waals surface area contributed by atoms with Gasteiger partial charge in [0.05, 0.1) is 6.61 Å². The first-order chi connectivity index (χ1) is 13.1. The van der Waals surface area contributed by atoms with E-state index in [2.05, 4.69) is 17.4 Å². The van der Waals surface area contributed by atoms with Crippen molar-refractivity contribution < 1.29 is 14.3 Å². The van der Waals surface area contributed by atoms with Crippen molar-refractivity contribution in [3.8, 4) is 5.75 Å². The number of hydrogen-bond acceptors (Lipinski definition) is 3. The van der Waals surface area contributed by atoms with Gasteiger partial charge in [0.25, 0.3) is 0 Å². The van der Waals surface area contributed by atoms with E-state index in [1.165, 1.54) is 11.1 Å². The third kappa shape index (κ3) is 3.42. The van der Waals surface area contributed by atoms with Gasteiger partial charge in [0.2, 0.25) is 11.8 Å². The zero-order valence-electron chi connectivity index (χ0n) is 15.5. The normalized spacial score (nSPS) is 17.0. The van der Waals surface area contributed by atoms with Gasteiger partial charge in [-0.15, -0.1) is 0 Å². The first-order valence-corrected chi connectivity index (χ1v) is 9.53.